The van der Waals surface area contributed by atoms with E-state index in [0.717, 1.165) is 14.5 Å². The van der Waals surface area contributed by atoms with Crippen molar-refractivity contribution in [1.82, 2.24) is 0 Å². The third-order valence-corrected chi connectivity index (χ3v) is 4.54. The maximum Gasteiger partial charge on any atom is 0.138 e. The summed E-state index contributed by atoms with van der Waals surface area (Å²) in [5.74, 6) is -0.238. The summed E-state index contributed by atoms with van der Waals surface area (Å²) in [4.78, 5) is 0. The van der Waals surface area contributed by atoms with Crippen LogP contribution in [0.25, 0.3) is 0 Å². The highest BCUT2D eigenvalue weighted by atomic mass is 79.9. The third kappa shape index (κ3) is 5.32. The molecule has 0 saturated heterocycles. The summed E-state index contributed by atoms with van der Waals surface area (Å²) in [7, 11) is 0. The highest BCUT2D eigenvalue weighted by molar-refractivity contribution is 9.11. The number of halogens is 5. The lowest BCUT2D eigenvalue weighted by atomic mass is 10.2. The lowest BCUT2D eigenvalue weighted by Gasteiger charge is -1.98. The van der Waals surface area contributed by atoms with Gasteiger partial charge in [0.2, 0.25) is 0 Å². The van der Waals surface area contributed by atoms with Crippen molar-refractivity contribution in [2.24, 2.45) is 0 Å². The summed E-state index contributed by atoms with van der Waals surface area (Å²) in [6.07, 6.45) is 0. The second-order valence-electron chi connectivity index (χ2n) is 3.74. The van der Waals surface area contributed by atoms with Crippen molar-refractivity contribution in [2.75, 3.05) is 0 Å². The van der Waals surface area contributed by atoms with Gasteiger partial charge in [-0.25, -0.2) is 8.78 Å². The Bertz CT molecular complexity index is 506. The Morgan fingerprint density at radius 1 is 0.947 bits per heavy atom. The van der Waals surface area contributed by atoms with Crippen molar-refractivity contribution >= 4 is 47.8 Å². The van der Waals surface area contributed by atoms with Crippen LogP contribution in [0.1, 0.15) is 11.1 Å². The van der Waals surface area contributed by atoms with Gasteiger partial charge >= 0.3 is 0 Å². The van der Waals surface area contributed by atoms with E-state index in [9.17, 15) is 8.78 Å². The molecule has 2 aromatic carbocycles. The van der Waals surface area contributed by atoms with Crippen molar-refractivity contribution in [3.8, 4) is 0 Å². The van der Waals surface area contributed by atoms with Crippen molar-refractivity contribution in [3.05, 3.63) is 66.8 Å². The van der Waals surface area contributed by atoms with E-state index in [4.69, 9.17) is 0 Å². The van der Waals surface area contributed by atoms with Crippen LogP contribution in [0.3, 0.4) is 0 Å². The van der Waals surface area contributed by atoms with Crippen LogP contribution < -0.4 is 0 Å². The van der Waals surface area contributed by atoms with E-state index < -0.39 is 6.67 Å². The predicted molar refractivity (Wildman–Crippen MR) is 85.5 cm³/mol. The molecule has 0 radical (unpaired) electrons. The molecule has 0 amide bonds. The number of hydrogen-bond donors (Lipinski definition) is 0. The van der Waals surface area contributed by atoms with Gasteiger partial charge in [0.15, 0.2) is 0 Å². The molecule has 0 saturated carbocycles. The molecule has 0 N–H and O–H groups in total. The molecular formula is C14H11Br3F2. The zero-order valence-corrected chi connectivity index (χ0v) is 14.8. The molecule has 0 nitrogen and oxygen atoms in total. The third-order valence-electron chi connectivity index (χ3n) is 2.30. The van der Waals surface area contributed by atoms with Gasteiger partial charge in [-0.1, -0.05) is 50.1 Å². The molecule has 0 spiro atoms. The summed E-state index contributed by atoms with van der Waals surface area (Å²) < 4.78 is 26.8. The number of rotatable bonds is 1. The molecule has 19 heavy (non-hydrogen) atoms. The Kier molecular flexibility index (Phi) is 7.18. The second kappa shape index (κ2) is 8.12. The van der Waals surface area contributed by atoms with E-state index in [2.05, 4.69) is 47.8 Å². The van der Waals surface area contributed by atoms with Gasteiger partial charge in [0.25, 0.3) is 0 Å². The average molecular weight is 457 g/mol. The van der Waals surface area contributed by atoms with Gasteiger partial charge in [-0.3, -0.25) is 0 Å². The normalized spacial score (nSPS) is 9.79. The number of aryl methyl sites for hydroxylation is 1. The molecular weight excluding hydrogens is 446 g/mol. The minimum Gasteiger partial charge on any atom is -0.246 e. The highest BCUT2D eigenvalue weighted by Crippen LogP contribution is 2.23. The molecule has 0 aliphatic rings. The number of benzene rings is 2. The first-order chi connectivity index (χ1) is 8.95. The predicted octanol–water partition coefficient (Wildman–Crippen LogP) is 6.58. The van der Waals surface area contributed by atoms with Crippen LogP contribution in [0.4, 0.5) is 8.78 Å². The first-order valence-corrected chi connectivity index (χ1v) is 7.74. The molecule has 0 unspecified atom stereocenters. The van der Waals surface area contributed by atoms with Gasteiger partial charge < -0.3 is 0 Å². The first kappa shape index (κ1) is 16.8. The van der Waals surface area contributed by atoms with E-state index in [-0.39, 0.29) is 5.82 Å². The zero-order valence-electron chi connectivity index (χ0n) is 10.1. The maximum atomic E-state index is 12.7. The quantitative estimate of drug-likeness (QED) is 0.425. The van der Waals surface area contributed by atoms with Crippen LogP contribution >= 0.6 is 47.8 Å². The monoisotopic (exact) mass is 454 g/mol. The van der Waals surface area contributed by atoms with Gasteiger partial charge in [0, 0.05) is 8.95 Å². The van der Waals surface area contributed by atoms with Crippen LogP contribution in [0.2, 0.25) is 0 Å². The van der Waals surface area contributed by atoms with E-state index in [1.54, 1.807) is 12.1 Å². The molecule has 102 valence electrons. The molecule has 2 aromatic rings. The fourth-order valence-corrected chi connectivity index (χ4v) is 2.39. The van der Waals surface area contributed by atoms with Crippen molar-refractivity contribution in [3.63, 3.8) is 0 Å². The summed E-state index contributed by atoms with van der Waals surface area (Å²) in [6.45, 7) is 1.51. The average Bonchev–Trinajstić information content (AvgIpc) is 2.38. The molecule has 0 aliphatic carbocycles. The van der Waals surface area contributed by atoms with Crippen LogP contribution in [-0.2, 0) is 6.67 Å². The van der Waals surface area contributed by atoms with Gasteiger partial charge in [0.05, 0.1) is 4.47 Å². The summed E-state index contributed by atoms with van der Waals surface area (Å²) in [5.41, 5.74) is 1.73. The molecule has 0 aromatic heterocycles. The minimum absolute atomic E-state index is 0.238. The molecule has 0 heterocycles. The summed E-state index contributed by atoms with van der Waals surface area (Å²) >= 11 is 9.52. The minimum atomic E-state index is -0.401. The van der Waals surface area contributed by atoms with Crippen LogP contribution in [-0.4, -0.2) is 0 Å². The SMILES string of the molecule is Cc1cc(Br)c(F)cc1Br.FCc1ccccc1Br. The molecule has 0 fully saturated rings. The van der Waals surface area contributed by atoms with Gasteiger partial charge in [0.1, 0.15) is 12.5 Å². The Hall–Kier alpha value is -0.260. The van der Waals surface area contributed by atoms with E-state index in [1.807, 2.05) is 25.1 Å². The zero-order chi connectivity index (χ0) is 14.4. The van der Waals surface area contributed by atoms with Crippen LogP contribution in [0, 0.1) is 12.7 Å². The molecule has 0 aliphatic heterocycles. The lowest BCUT2D eigenvalue weighted by Crippen LogP contribution is -1.80. The Morgan fingerprint density at radius 2 is 1.58 bits per heavy atom. The van der Waals surface area contributed by atoms with Crippen LogP contribution in [0.15, 0.2) is 49.8 Å². The largest absolute Gasteiger partial charge is 0.246 e. The Balaban J connectivity index is 0.000000191. The summed E-state index contributed by atoms with van der Waals surface area (Å²) in [6, 6.07) is 10.4. The fourth-order valence-electron chi connectivity index (χ4n) is 1.23. The standard InChI is InChI=1S/C7H5Br2F.C7H6BrF/c1-4-2-6(9)7(10)3-5(4)8;8-7-4-2-1-3-6(7)5-9/h2-3H,1H3;1-4H,5H2. The fraction of sp³-hybridized carbons (Fsp3) is 0.143. The van der Waals surface area contributed by atoms with Crippen molar-refractivity contribution in [2.45, 2.75) is 13.6 Å². The van der Waals surface area contributed by atoms with Crippen molar-refractivity contribution in [1.29, 1.82) is 0 Å². The molecule has 0 atom stereocenters. The smallest absolute Gasteiger partial charge is 0.138 e. The highest BCUT2D eigenvalue weighted by Gasteiger charge is 2.01. The Labute approximate surface area is 136 Å². The van der Waals surface area contributed by atoms with E-state index in [1.165, 1.54) is 6.07 Å². The first-order valence-electron chi connectivity index (χ1n) is 5.36. The van der Waals surface area contributed by atoms with Crippen molar-refractivity contribution < 1.29 is 8.78 Å². The molecule has 5 heteroatoms. The second-order valence-corrected chi connectivity index (χ2v) is 6.30. The van der Waals surface area contributed by atoms with Gasteiger partial charge in [-0.15, -0.1) is 0 Å². The summed E-state index contributed by atoms with van der Waals surface area (Å²) in [5, 5.41) is 0. The van der Waals surface area contributed by atoms with E-state index >= 15 is 0 Å². The Morgan fingerprint density at radius 3 is 2.05 bits per heavy atom. The lowest BCUT2D eigenvalue weighted by molar-refractivity contribution is 0.484. The topological polar surface area (TPSA) is 0 Å². The van der Waals surface area contributed by atoms with E-state index in [0.29, 0.717) is 10.0 Å². The van der Waals surface area contributed by atoms with Gasteiger partial charge in [-0.05, 0) is 52.2 Å². The maximum absolute atomic E-state index is 12.7. The van der Waals surface area contributed by atoms with Gasteiger partial charge in [-0.2, -0.15) is 0 Å². The molecule has 0 bridgehead atoms. The van der Waals surface area contributed by atoms with Crippen LogP contribution in [0.5, 0.6) is 0 Å². The number of alkyl halides is 1. The number of hydrogen-bond acceptors (Lipinski definition) is 0. The molecule has 2 rings (SSSR count).